The predicted octanol–water partition coefficient (Wildman–Crippen LogP) is 3.51. The predicted molar refractivity (Wildman–Crippen MR) is 131 cm³/mol. The summed E-state index contributed by atoms with van der Waals surface area (Å²) in [5.74, 6) is 1.10. The second-order valence-electron chi connectivity index (χ2n) is 9.29. The summed E-state index contributed by atoms with van der Waals surface area (Å²) in [4.78, 5) is 27.0. The number of rotatable bonds is 7. The fourth-order valence-corrected chi connectivity index (χ4v) is 4.93. The fraction of sp³-hybridized carbons (Fsp3) is 0.625. The maximum absolute atomic E-state index is 12.9. The minimum absolute atomic E-state index is 0.104. The molecule has 1 aromatic rings. The van der Waals surface area contributed by atoms with Crippen molar-refractivity contribution in [2.24, 2.45) is 4.99 Å². The van der Waals surface area contributed by atoms with Gasteiger partial charge in [-0.2, -0.15) is 13.2 Å². The smallest absolute Gasteiger partial charge is 0.354 e. The molecule has 0 aliphatic carbocycles. The highest BCUT2D eigenvalue weighted by Gasteiger charge is 2.35. The van der Waals surface area contributed by atoms with Crippen LogP contribution in [0.4, 0.5) is 19.0 Å². The molecule has 2 fully saturated rings. The second kappa shape index (κ2) is 11.7. The van der Waals surface area contributed by atoms with E-state index in [-0.39, 0.29) is 18.0 Å². The van der Waals surface area contributed by atoms with Crippen molar-refractivity contribution in [1.82, 2.24) is 20.1 Å². The van der Waals surface area contributed by atoms with E-state index in [2.05, 4.69) is 25.1 Å². The number of amides is 1. The quantitative estimate of drug-likeness (QED) is 0.606. The minimum atomic E-state index is -4.42. The van der Waals surface area contributed by atoms with Crippen LogP contribution in [0.3, 0.4) is 0 Å². The normalized spacial score (nSPS) is 22.4. The summed E-state index contributed by atoms with van der Waals surface area (Å²) in [6, 6.07) is 3.53. The lowest BCUT2D eigenvalue weighted by molar-refractivity contribution is -0.132. The fourth-order valence-electron chi connectivity index (χ4n) is 4.82. The van der Waals surface area contributed by atoms with E-state index in [0.29, 0.717) is 31.0 Å². The Hall–Kier alpha value is -2.17. The number of carbonyl (C=O) groups is 1. The minimum Gasteiger partial charge on any atom is -0.354 e. The monoisotopic (exact) mass is 512 g/mol. The van der Waals surface area contributed by atoms with E-state index >= 15 is 0 Å². The van der Waals surface area contributed by atoms with E-state index in [9.17, 15) is 18.0 Å². The van der Waals surface area contributed by atoms with Crippen LogP contribution in [0, 0.1) is 0 Å². The number of carbonyl (C=O) groups excluding carboxylic acids is 1. The van der Waals surface area contributed by atoms with Gasteiger partial charge in [0, 0.05) is 76.6 Å². The number of allylic oxidation sites excluding steroid dienone is 1. The van der Waals surface area contributed by atoms with Crippen LogP contribution in [-0.4, -0.2) is 91.0 Å². The number of piperazine rings is 1. The molecule has 1 atom stereocenters. The van der Waals surface area contributed by atoms with E-state index < -0.39 is 11.9 Å². The summed E-state index contributed by atoms with van der Waals surface area (Å²) in [6.07, 6.45) is 3.02. The molecule has 4 rings (SSSR count). The SMILES string of the molecule is O=C(CCCN1CCN(c2ccc(Cl)cn2)CC1)N1CCC(NC2C=C(C(F)(F)F)N=CC2)CC1. The molecule has 1 aromatic heterocycles. The Bertz CT molecular complexity index is 907. The van der Waals surface area contributed by atoms with Gasteiger partial charge in [0.25, 0.3) is 0 Å². The van der Waals surface area contributed by atoms with Gasteiger partial charge in [-0.05, 0) is 44.0 Å². The number of anilines is 1. The van der Waals surface area contributed by atoms with Gasteiger partial charge >= 0.3 is 6.18 Å². The molecule has 1 N–H and O–H groups in total. The number of hydrogen-bond donors (Lipinski definition) is 1. The number of nitrogens with one attached hydrogen (secondary N) is 1. The van der Waals surface area contributed by atoms with Gasteiger partial charge in [-0.15, -0.1) is 0 Å². The van der Waals surface area contributed by atoms with Crippen LogP contribution < -0.4 is 10.2 Å². The maximum atomic E-state index is 12.9. The molecule has 3 aliphatic rings. The van der Waals surface area contributed by atoms with Crippen LogP contribution in [0.15, 0.2) is 35.1 Å². The zero-order valence-electron chi connectivity index (χ0n) is 19.7. The molecule has 11 heteroatoms. The van der Waals surface area contributed by atoms with Gasteiger partial charge in [-0.3, -0.25) is 14.7 Å². The van der Waals surface area contributed by atoms with E-state index in [4.69, 9.17) is 11.6 Å². The third-order valence-corrected chi connectivity index (χ3v) is 7.03. The Balaban J connectivity index is 1.11. The van der Waals surface area contributed by atoms with Crippen molar-refractivity contribution in [3.8, 4) is 0 Å². The Kier molecular flexibility index (Phi) is 8.67. The summed E-state index contributed by atoms with van der Waals surface area (Å²) in [7, 11) is 0. The average molecular weight is 513 g/mol. The third kappa shape index (κ3) is 7.41. The van der Waals surface area contributed by atoms with E-state index in [1.54, 1.807) is 6.20 Å². The van der Waals surface area contributed by atoms with Gasteiger partial charge in [0.1, 0.15) is 11.5 Å². The topological polar surface area (TPSA) is 64.1 Å². The lowest BCUT2D eigenvalue weighted by Gasteiger charge is -2.36. The Morgan fingerprint density at radius 2 is 1.86 bits per heavy atom. The van der Waals surface area contributed by atoms with Crippen molar-refractivity contribution in [3.63, 3.8) is 0 Å². The largest absolute Gasteiger partial charge is 0.433 e. The molecule has 3 aliphatic heterocycles. The molecule has 192 valence electrons. The highest BCUT2D eigenvalue weighted by Crippen LogP contribution is 2.29. The van der Waals surface area contributed by atoms with Gasteiger partial charge in [0.05, 0.1) is 5.02 Å². The number of piperidine rings is 1. The van der Waals surface area contributed by atoms with Gasteiger partial charge in [0.15, 0.2) is 0 Å². The van der Waals surface area contributed by atoms with E-state index in [1.165, 1.54) is 12.3 Å². The first-order chi connectivity index (χ1) is 16.8. The summed E-state index contributed by atoms with van der Waals surface area (Å²) >= 11 is 5.91. The van der Waals surface area contributed by atoms with E-state index in [1.807, 2.05) is 17.0 Å². The van der Waals surface area contributed by atoms with Crippen LogP contribution in [0.5, 0.6) is 0 Å². The van der Waals surface area contributed by atoms with Crippen molar-refractivity contribution in [2.75, 3.05) is 50.7 Å². The number of halogens is 4. The van der Waals surface area contributed by atoms with E-state index in [0.717, 1.165) is 57.8 Å². The van der Waals surface area contributed by atoms with Crippen molar-refractivity contribution < 1.29 is 18.0 Å². The van der Waals surface area contributed by atoms with Gasteiger partial charge < -0.3 is 15.1 Å². The first-order valence-electron chi connectivity index (χ1n) is 12.2. The van der Waals surface area contributed by atoms with Crippen LogP contribution >= 0.6 is 11.6 Å². The summed E-state index contributed by atoms with van der Waals surface area (Å²) < 4.78 is 38.7. The number of aromatic nitrogens is 1. The van der Waals surface area contributed by atoms with Gasteiger partial charge in [-0.1, -0.05) is 11.6 Å². The van der Waals surface area contributed by atoms with Crippen LogP contribution in [0.25, 0.3) is 0 Å². The average Bonchev–Trinajstić information content (AvgIpc) is 2.85. The highest BCUT2D eigenvalue weighted by atomic mass is 35.5. The first-order valence-corrected chi connectivity index (χ1v) is 12.6. The molecule has 35 heavy (non-hydrogen) atoms. The van der Waals surface area contributed by atoms with Crippen molar-refractivity contribution in [2.45, 2.75) is 50.4 Å². The summed E-state index contributed by atoms with van der Waals surface area (Å²) in [5.41, 5.74) is -0.836. The molecule has 2 saturated heterocycles. The molecule has 1 amide bonds. The molecule has 0 saturated carbocycles. The molecule has 0 spiro atoms. The Morgan fingerprint density at radius 1 is 1.11 bits per heavy atom. The number of hydrogen-bond acceptors (Lipinski definition) is 6. The van der Waals surface area contributed by atoms with Crippen LogP contribution in [-0.2, 0) is 4.79 Å². The zero-order valence-corrected chi connectivity index (χ0v) is 20.4. The third-order valence-electron chi connectivity index (χ3n) is 6.81. The van der Waals surface area contributed by atoms with Crippen LogP contribution in [0.1, 0.15) is 32.1 Å². The zero-order chi connectivity index (χ0) is 24.8. The number of alkyl halides is 3. The van der Waals surface area contributed by atoms with Crippen LogP contribution in [0.2, 0.25) is 5.02 Å². The molecule has 7 nitrogen and oxygen atoms in total. The molecule has 1 unspecified atom stereocenters. The van der Waals surface area contributed by atoms with Crippen molar-refractivity contribution >= 4 is 29.5 Å². The Labute approximate surface area is 209 Å². The second-order valence-corrected chi connectivity index (χ2v) is 9.73. The molecular formula is C24H32ClF3N6O. The molecule has 0 bridgehead atoms. The highest BCUT2D eigenvalue weighted by molar-refractivity contribution is 6.30. The lowest BCUT2D eigenvalue weighted by Crippen LogP contribution is -2.48. The Morgan fingerprint density at radius 3 is 2.51 bits per heavy atom. The maximum Gasteiger partial charge on any atom is 0.433 e. The number of likely N-dealkylation sites (tertiary alicyclic amines) is 1. The molecule has 0 radical (unpaired) electrons. The standard InChI is InChI=1S/C24H32ClF3N6O/c25-18-3-4-22(30-17-18)33-14-12-32(13-15-33)9-1-2-23(35)34-10-6-19(7-11-34)31-20-5-8-29-21(16-20)24(26,27)28/h3-4,8,16-17,19-20,31H,1-2,5-7,9-15H2. The molecule has 4 heterocycles. The number of nitrogens with zero attached hydrogens (tertiary/aromatic N) is 5. The summed E-state index contributed by atoms with van der Waals surface area (Å²) in [5, 5.41) is 3.93. The number of pyridine rings is 1. The molecule has 0 aromatic carbocycles. The van der Waals surface area contributed by atoms with Gasteiger partial charge in [-0.25, -0.2) is 4.98 Å². The lowest BCUT2D eigenvalue weighted by atomic mass is 10.0. The summed E-state index contributed by atoms with van der Waals surface area (Å²) in [6.45, 7) is 5.84. The van der Waals surface area contributed by atoms with Gasteiger partial charge in [0.2, 0.25) is 5.91 Å². The number of aliphatic imine (C=N–C) groups is 1. The van der Waals surface area contributed by atoms with Crippen molar-refractivity contribution in [3.05, 3.63) is 35.1 Å². The van der Waals surface area contributed by atoms with Crippen molar-refractivity contribution in [1.29, 1.82) is 0 Å². The first kappa shape index (κ1) is 25.9. The molecular weight excluding hydrogens is 481 g/mol.